The topological polar surface area (TPSA) is 120 Å². The number of alkyl halides is 3. The summed E-state index contributed by atoms with van der Waals surface area (Å²) < 4.78 is 50.6. The third-order valence-electron chi connectivity index (χ3n) is 8.75. The quantitative estimate of drug-likeness (QED) is 0.329. The highest BCUT2D eigenvalue weighted by Crippen LogP contribution is 2.29. The van der Waals surface area contributed by atoms with E-state index < -0.39 is 43.0 Å². The molecule has 1 aromatic carbocycles. The smallest absolute Gasteiger partial charge is 0.389 e. The fraction of sp³-hybridized carbons (Fsp3) is 0.727. The lowest BCUT2D eigenvalue weighted by molar-refractivity contribution is -0.149. The summed E-state index contributed by atoms with van der Waals surface area (Å²) >= 11 is 0. The molecule has 1 aliphatic heterocycles. The number of carbonyl (C=O) groups excluding carboxylic acids is 3. The maximum Gasteiger partial charge on any atom is 0.389 e. The van der Waals surface area contributed by atoms with Gasteiger partial charge in [0.1, 0.15) is 5.75 Å². The minimum Gasteiger partial charge on any atom is -0.490 e. The minimum absolute atomic E-state index is 0.0493. The Morgan fingerprint density at radius 3 is 2.48 bits per heavy atom. The van der Waals surface area contributed by atoms with E-state index in [1.807, 2.05) is 13.8 Å². The molecule has 0 spiro atoms. The first kappa shape index (κ1) is 37.4. The van der Waals surface area contributed by atoms with Crippen molar-refractivity contribution < 1.29 is 42.1 Å². The predicted molar refractivity (Wildman–Crippen MR) is 169 cm³/mol. The summed E-state index contributed by atoms with van der Waals surface area (Å²) in [6, 6.07) is 4.10. The maximum absolute atomic E-state index is 14.2. The first-order valence-corrected chi connectivity index (χ1v) is 16.5. The molecule has 3 rings (SSSR count). The number of hydrogen-bond acceptors (Lipinski definition) is 6. The summed E-state index contributed by atoms with van der Waals surface area (Å²) in [5.41, 5.74) is 0.645. The second kappa shape index (κ2) is 17.7. The summed E-state index contributed by atoms with van der Waals surface area (Å²) in [7, 11) is 1.45. The standard InChI is InChI=1S/C33H51F3N4O6/c1-22-19-40(23(2)21-41)31(43)27-18-26(38-32(44)37-25-11-6-5-7-12-25)13-14-28(27)46-24(3)10-8-9-17-45-29(22)20-39(4)30(42)15-16-33(34,35)36/h13-14,18,22-25,29,41H,5-12,15-17,19-21H2,1-4H3,(H2,37,38,44)/t22-,23+,24+,29+/m1/s1. The lowest BCUT2D eigenvalue weighted by atomic mass is 9.96. The number of nitrogens with zero attached hydrogens (tertiary/aromatic N) is 2. The third-order valence-corrected chi connectivity index (χ3v) is 8.75. The summed E-state index contributed by atoms with van der Waals surface area (Å²) in [6.45, 7) is 5.68. The van der Waals surface area contributed by atoms with Crippen LogP contribution in [0.1, 0.15) is 95.3 Å². The van der Waals surface area contributed by atoms with E-state index in [0.29, 0.717) is 30.9 Å². The first-order valence-electron chi connectivity index (χ1n) is 16.5. The van der Waals surface area contributed by atoms with Crippen LogP contribution in [-0.4, -0.2) is 96.6 Å². The Kier molecular flexibility index (Phi) is 14.4. The van der Waals surface area contributed by atoms with Gasteiger partial charge in [-0.1, -0.05) is 26.2 Å². The molecule has 10 nitrogen and oxygen atoms in total. The minimum atomic E-state index is -4.43. The maximum atomic E-state index is 14.2. The van der Waals surface area contributed by atoms with Crippen molar-refractivity contribution in [2.45, 2.75) is 115 Å². The van der Waals surface area contributed by atoms with Crippen LogP contribution in [0.25, 0.3) is 0 Å². The summed E-state index contributed by atoms with van der Waals surface area (Å²) in [6.07, 6.45) is 0.193. The number of hydrogen-bond donors (Lipinski definition) is 3. The largest absolute Gasteiger partial charge is 0.490 e. The van der Waals surface area contributed by atoms with E-state index in [1.165, 1.54) is 16.8 Å². The van der Waals surface area contributed by atoms with Gasteiger partial charge in [-0.15, -0.1) is 0 Å². The van der Waals surface area contributed by atoms with Crippen molar-refractivity contribution in [3.05, 3.63) is 23.8 Å². The number of likely N-dealkylation sites (N-methyl/N-ethyl adjacent to an activating group) is 1. The molecular weight excluding hydrogens is 605 g/mol. The van der Waals surface area contributed by atoms with Crippen molar-refractivity contribution in [1.29, 1.82) is 0 Å². The monoisotopic (exact) mass is 656 g/mol. The second-order valence-electron chi connectivity index (χ2n) is 12.8. The van der Waals surface area contributed by atoms with Crippen molar-refractivity contribution in [2.75, 3.05) is 38.7 Å². The number of urea groups is 1. The Hall–Kier alpha value is -3.06. The van der Waals surface area contributed by atoms with Crippen LogP contribution in [0.3, 0.4) is 0 Å². The van der Waals surface area contributed by atoms with Gasteiger partial charge in [-0.3, -0.25) is 9.59 Å². The van der Waals surface area contributed by atoms with E-state index >= 15 is 0 Å². The third kappa shape index (κ3) is 11.9. The molecule has 1 fully saturated rings. The lowest BCUT2D eigenvalue weighted by Gasteiger charge is -2.36. The van der Waals surface area contributed by atoms with Crippen LogP contribution in [0.5, 0.6) is 5.75 Å². The summed E-state index contributed by atoms with van der Waals surface area (Å²) in [5, 5.41) is 16.0. The molecule has 46 heavy (non-hydrogen) atoms. The van der Waals surface area contributed by atoms with Gasteiger partial charge in [0, 0.05) is 50.8 Å². The van der Waals surface area contributed by atoms with Crippen LogP contribution in [0.2, 0.25) is 0 Å². The van der Waals surface area contributed by atoms with Gasteiger partial charge in [-0.2, -0.15) is 13.2 Å². The fourth-order valence-corrected chi connectivity index (χ4v) is 5.87. The van der Waals surface area contributed by atoms with Gasteiger partial charge in [-0.25, -0.2) is 4.79 Å². The first-order chi connectivity index (χ1) is 21.8. The Morgan fingerprint density at radius 2 is 1.80 bits per heavy atom. The predicted octanol–water partition coefficient (Wildman–Crippen LogP) is 5.74. The highest BCUT2D eigenvalue weighted by atomic mass is 19.4. The molecule has 1 aliphatic carbocycles. The number of anilines is 1. The van der Waals surface area contributed by atoms with E-state index in [9.17, 15) is 32.7 Å². The van der Waals surface area contributed by atoms with Gasteiger partial charge in [0.2, 0.25) is 5.91 Å². The summed E-state index contributed by atoms with van der Waals surface area (Å²) in [4.78, 5) is 42.3. The van der Waals surface area contributed by atoms with Gasteiger partial charge in [0.15, 0.2) is 0 Å². The van der Waals surface area contributed by atoms with Crippen molar-refractivity contribution in [3.8, 4) is 5.75 Å². The van der Waals surface area contributed by atoms with Crippen molar-refractivity contribution in [3.63, 3.8) is 0 Å². The fourth-order valence-electron chi connectivity index (χ4n) is 5.87. The molecule has 1 saturated carbocycles. The molecule has 0 aromatic heterocycles. The molecule has 0 unspecified atom stereocenters. The number of carbonyl (C=O) groups is 3. The number of benzene rings is 1. The Bertz CT molecular complexity index is 1150. The molecule has 4 atom stereocenters. The van der Waals surface area contributed by atoms with Gasteiger partial charge < -0.3 is 35.0 Å². The SMILES string of the molecule is C[C@@H]1CN([C@@H](C)CO)C(=O)c2cc(NC(=O)NC3CCCCC3)ccc2O[C@@H](C)CCCCO[C@H]1CN(C)C(=O)CCC(F)(F)F. The van der Waals surface area contributed by atoms with E-state index in [2.05, 4.69) is 10.6 Å². The van der Waals surface area contributed by atoms with Crippen LogP contribution in [0, 0.1) is 5.92 Å². The van der Waals surface area contributed by atoms with Crippen LogP contribution in [-0.2, 0) is 9.53 Å². The number of fused-ring (bicyclic) bond motifs is 1. The molecule has 4 amide bonds. The van der Waals surface area contributed by atoms with Crippen molar-refractivity contribution in [1.82, 2.24) is 15.1 Å². The molecule has 0 saturated heterocycles. The molecule has 13 heteroatoms. The summed E-state index contributed by atoms with van der Waals surface area (Å²) in [5.74, 6) is -1.06. The second-order valence-corrected chi connectivity index (χ2v) is 12.8. The van der Waals surface area contributed by atoms with Gasteiger partial charge in [0.05, 0.1) is 36.8 Å². The van der Waals surface area contributed by atoms with Gasteiger partial charge in [0.25, 0.3) is 5.91 Å². The van der Waals surface area contributed by atoms with Gasteiger partial charge in [-0.05, 0) is 64.2 Å². The van der Waals surface area contributed by atoms with Crippen molar-refractivity contribution >= 4 is 23.5 Å². The van der Waals surface area contributed by atoms with Crippen LogP contribution >= 0.6 is 0 Å². The highest BCUT2D eigenvalue weighted by molar-refractivity contribution is 5.99. The number of aliphatic hydroxyl groups excluding tert-OH is 1. The number of rotatable bonds is 8. The number of nitrogens with one attached hydrogen (secondary N) is 2. The zero-order chi connectivity index (χ0) is 33.9. The average molecular weight is 657 g/mol. The Morgan fingerprint density at radius 1 is 1.11 bits per heavy atom. The molecule has 260 valence electrons. The van der Waals surface area contributed by atoms with Crippen molar-refractivity contribution in [2.24, 2.45) is 5.92 Å². The molecule has 1 aromatic rings. The molecule has 1 heterocycles. The van der Waals surface area contributed by atoms with Crippen LogP contribution < -0.4 is 15.4 Å². The van der Waals surface area contributed by atoms with Crippen LogP contribution in [0.15, 0.2) is 18.2 Å². The zero-order valence-electron chi connectivity index (χ0n) is 27.5. The highest BCUT2D eigenvalue weighted by Gasteiger charge is 2.32. The normalized spacial score (nSPS) is 23.0. The number of amides is 4. The molecular formula is C33H51F3N4O6. The Labute approximate surface area is 270 Å². The van der Waals surface area contributed by atoms with E-state index in [0.717, 1.165) is 38.5 Å². The molecule has 2 aliphatic rings. The van der Waals surface area contributed by atoms with E-state index in [1.54, 1.807) is 25.1 Å². The van der Waals surface area contributed by atoms with Crippen LogP contribution in [0.4, 0.5) is 23.7 Å². The van der Waals surface area contributed by atoms with Gasteiger partial charge >= 0.3 is 12.2 Å². The van der Waals surface area contributed by atoms with E-state index in [-0.39, 0.29) is 49.4 Å². The molecule has 0 radical (unpaired) electrons. The Balaban J connectivity index is 1.86. The number of ether oxygens (including phenoxy) is 2. The van der Waals surface area contributed by atoms with E-state index in [4.69, 9.17) is 9.47 Å². The number of aliphatic hydroxyl groups is 1. The average Bonchev–Trinajstić information content (AvgIpc) is 3.01. The molecule has 0 bridgehead atoms. The number of halogens is 3. The molecule has 3 N–H and O–H groups in total. The lowest BCUT2D eigenvalue weighted by Crippen LogP contribution is -2.48. The zero-order valence-corrected chi connectivity index (χ0v) is 27.5.